The summed E-state index contributed by atoms with van der Waals surface area (Å²) in [6.45, 7) is 1.90. The molecule has 0 saturated carbocycles. The lowest BCUT2D eigenvalue weighted by molar-refractivity contribution is 0.482. The number of halogens is 3. The highest BCUT2D eigenvalue weighted by Gasteiger charge is 2.09. The summed E-state index contributed by atoms with van der Waals surface area (Å²) in [7, 11) is 0. The molecule has 0 unspecified atom stereocenters. The molecule has 100 valence electrons. The van der Waals surface area contributed by atoms with Crippen LogP contribution in [0.1, 0.15) is 18.5 Å². The first-order valence-electron chi connectivity index (χ1n) is 5.65. The van der Waals surface area contributed by atoms with E-state index in [0.717, 1.165) is 10.0 Å². The van der Waals surface area contributed by atoms with Crippen LogP contribution in [0.15, 0.2) is 40.9 Å². The van der Waals surface area contributed by atoms with Gasteiger partial charge in [-0.1, -0.05) is 45.2 Å². The molecule has 2 aromatic carbocycles. The molecule has 2 aromatic rings. The minimum atomic E-state index is -0.0685. The van der Waals surface area contributed by atoms with E-state index in [-0.39, 0.29) is 6.04 Å². The summed E-state index contributed by atoms with van der Waals surface area (Å²) in [5, 5.41) is 1.03. The van der Waals surface area contributed by atoms with Crippen LogP contribution in [-0.4, -0.2) is 0 Å². The number of ether oxygens (including phenoxy) is 1. The van der Waals surface area contributed by atoms with Gasteiger partial charge >= 0.3 is 0 Å². The van der Waals surface area contributed by atoms with E-state index in [1.807, 2.05) is 19.1 Å². The third-order valence-electron chi connectivity index (χ3n) is 2.59. The highest BCUT2D eigenvalue weighted by Crippen LogP contribution is 2.36. The summed E-state index contributed by atoms with van der Waals surface area (Å²) < 4.78 is 6.61. The molecule has 2 nitrogen and oxygen atoms in total. The summed E-state index contributed by atoms with van der Waals surface area (Å²) in [5.41, 5.74) is 6.76. The summed E-state index contributed by atoms with van der Waals surface area (Å²) in [4.78, 5) is 0. The van der Waals surface area contributed by atoms with Crippen molar-refractivity contribution < 1.29 is 4.74 Å². The molecule has 0 heterocycles. The van der Waals surface area contributed by atoms with Gasteiger partial charge in [0.1, 0.15) is 11.5 Å². The second-order valence-corrected chi connectivity index (χ2v) is 5.89. The van der Waals surface area contributed by atoms with Crippen molar-refractivity contribution in [2.75, 3.05) is 0 Å². The second-order valence-electron chi connectivity index (χ2n) is 4.16. The molecule has 0 saturated heterocycles. The fraction of sp³-hybridized carbons (Fsp3) is 0.143. The molecule has 2 N–H and O–H groups in total. The van der Waals surface area contributed by atoms with Crippen LogP contribution in [0.4, 0.5) is 0 Å². The van der Waals surface area contributed by atoms with E-state index in [1.165, 1.54) is 0 Å². The third-order valence-corrected chi connectivity index (χ3v) is 3.70. The molecular formula is C14H12BrCl2NO. The van der Waals surface area contributed by atoms with Gasteiger partial charge in [0.05, 0.1) is 10.0 Å². The van der Waals surface area contributed by atoms with Crippen molar-refractivity contribution in [3.05, 3.63) is 56.5 Å². The Morgan fingerprint density at radius 3 is 2.42 bits per heavy atom. The molecule has 2 rings (SSSR count). The molecule has 0 aliphatic heterocycles. The van der Waals surface area contributed by atoms with Gasteiger partial charge in [0.15, 0.2) is 0 Å². The fourth-order valence-corrected chi connectivity index (χ4v) is 2.28. The smallest absolute Gasteiger partial charge is 0.147 e. The predicted octanol–water partition coefficient (Wildman–Crippen LogP) is 5.57. The van der Waals surface area contributed by atoms with Gasteiger partial charge in [0, 0.05) is 10.5 Å². The first-order valence-corrected chi connectivity index (χ1v) is 7.20. The molecule has 0 amide bonds. The lowest BCUT2D eigenvalue weighted by Crippen LogP contribution is -2.04. The van der Waals surface area contributed by atoms with E-state index in [0.29, 0.717) is 21.5 Å². The molecular weight excluding hydrogens is 349 g/mol. The van der Waals surface area contributed by atoms with E-state index in [1.54, 1.807) is 24.3 Å². The summed E-state index contributed by atoms with van der Waals surface area (Å²) in [5.74, 6) is 1.09. The van der Waals surface area contributed by atoms with Crippen molar-refractivity contribution >= 4 is 39.1 Å². The van der Waals surface area contributed by atoms with Crippen LogP contribution in [-0.2, 0) is 0 Å². The van der Waals surface area contributed by atoms with Gasteiger partial charge in [-0.3, -0.25) is 0 Å². The summed E-state index contributed by atoms with van der Waals surface area (Å²) in [6.07, 6.45) is 0. The number of hydrogen-bond acceptors (Lipinski definition) is 2. The van der Waals surface area contributed by atoms with E-state index in [2.05, 4.69) is 15.9 Å². The second kappa shape index (κ2) is 6.14. The van der Waals surface area contributed by atoms with Crippen LogP contribution in [0.2, 0.25) is 10.0 Å². The fourth-order valence-electron chi connectivity index (χ4n) is 1.56. The van der Waals surface area contributed by atoms with Gasteiger partial charge in [0.2, 0.25) is 0 Å². The number of hydrogen-bond donors (Lipinski definition) is 1. The molecule has 19 heavy (non-hydrogen) atoms. The van der Waals surface area contributed by atoms with Crippen molar-refractivity contribution in [2.45, 2.75) is 13.0 Å². The van der Waals surface area contributed by atoms with Crippen LogP contribution in [0.25, 0.3) is 0 Å². The highest BCUT2D eigenvalue weighted by atomic mass is 79.9. The largest absolute Gasteiger partial charge is 0.454 e. The van der Waals surface area contributed by atoms with Crippen molar-refractivity contribution in [1.82, 2.24) is 0 Å². The third kappa shape index (κ3) is 3.63. The van der Waals surface area contributed by atoms with Crippen molar-refractivity contribution in [3.8, 4) is 11.5 Å². The molecule has 0 aromatic heterocycles. The zero-order valence-corrected chi connectivity index (χ0v) is 13.3. The minimum absolute atomic E-state index is 0.0685. The number of rotatable bonds is 3. The van der Waals surface area contributed by atoms with E-state index < -0.39 is 0 Å². The molecule has 5 heteroatoms. The zero-order valence-electron chi connectivity index (χ0n) is 10.2. The van der Waals surface area contributed by atoms with Gasteiger partial charge in [-0.2, -0.15) is 0 Å². The van der Waals surface area contributed by atoms with Crippen LogP contribution in [0, 0.1) is 0 Å². The molecule has 0 aliphatic carbocycles. The van der Waals surface area contributed by atoms with Gasteiger partial charge in [-0.05, 0) is 42.8 Å². The Bertz CT molecular complexity index is 602. The quantitative estimate of drug-likeness (QED) is 0.776. The lowest BCUT2D eigenvalue weighted by atomic mass is 10.1. The first-order chi connectivity index (χ1) is 8.97. The van der Waals surface area contributed by atoms with Gasteiger partial charge in [-0.25, -0.2) is 0 Å². The van der Waals surface area contributed by atoms with Crippen molar-refractivity contribution in [3.63, 3.8) is 0 Å². The van der Waals surface area contributed by atoms with Gasteiger partial charge in [0.25, 0.3) is 0 Å². The lowest BCUT2D eigenvalue weighted by Gasteiger charge is -2.12. The summed E-state index contributed by atoms with van der Waals surface area (Å²) in [6, 6.07) is 10.8. The van der Waals surface area contributed by atoms with Gasteiger partial charge in [-0.15, -0.1) is 0 Å². The van der Waals surface area contributed by atoms with E-state index >= 15 is 0 Å². The topological polar surface area (TPSA) is 35.2 Å². The van der Waals surface area contributed by atoms with E-state index in [4.69, 9.17) is 33.7 Å². The highest BCUT2D eigenvalue weighted by molar-refractivity contribution is 9.10. The van der Waals surface area contributed by atoms with Crippen molar-refractivity contribution in [1.29, 1.82) is 0 Å². The molecule has 0 bridgehead atoms. The van der Waals surface area contributed by atoms with Crippen LogP contribution in [0.5, 0.6) is 11.5 Å². The molecule has 0 aliphatic rings. The van der Waals surface area contributed by atoms with Crippen molar-refractivity contribution in [2.24, 2.45) is 5.73 Å². The maximum absolute atomic E-state index is 6.18. The number of nitrogens with two attached hydrogens (primary N) is 1. The molecule has 0 spiro atoms. The van der Waals surface area contributed by atoms with Crippen LogP contribution >= 0.6 is 39.1 Å². The van der Waals surface area contributed by atoms with Crippen LogP contribution < -0.4 is 10.5 Å². The maximum Gasteiger partial charge on any atom is 0.147 e. The Labute approximate surface area is 130 Å². The Kier molecular flexibility index (Phi) is 4.74. The normalized spacial score (nSPS) is 12.3. The predicted molar refractivity (Wildman–Crippen MR) is 83.3 cm³/mol. The molecule has 0 radical (unpaired) electrons. The average molecular weight is 361 g/mol. The Morgan fingerprint density at radius 1 is 1.05 bits per heavy atom. The molecule has 0 fully saturated rings. The minimum Gasteiger partial charge on any atom is -0.454 e. The SMILES string of the molecule is C[C@@H](N)c1ccc(Oc2cc(Br)ccc2Cl)c(Cl)c1. The number of benzene rings is 2. The van der Waals surface area contributed by atoms with Crippen LogP contribution in [0.3, 0.4) is 0 Å². The monoisotopic (exact) mass is 359 g/mol. The Morgan fingerprint density at radius 2 is 1.79 bits per heavy atom. The Balaban J connectivity index is 2.31. The Hall–Kier alpha value is -0.740. The maximum atomic E-state index is 6.18. The standard InChI is InChI=1S/C14H12BrCl2NO/c1-8(18)9-2-5-13(12(17)6-9)19-14-7-10(15)3-4-11(14)16/h2-8H,18H2,1H3/t8-/m1/s1. The summed E-state index contributed by atoms with van der Waals surface area (Å²) >= 11 is 15.6. The molecule has 1 atom stereocenters. The average Bonchev–Trinajstić information content (AvgIpc) is 2.36. The zero-order chi connectivity index (χ0) is 14.0. The van der Waals surface area contributed by atoms with Gasteiger partial charge < -0.3 is 10.5 Å². The van der Waals surface area contributed by atoms with E-state index in [9.17, 15) is 0 Å². The first kappa shape index (κ1) is 14.7.